The molecule has 0 spiro atoms. The van der Waals surface area contributed by atoms with Crippen molar-refractivity contribution in [3.8, 4) is 28.7 Å². The molecular formula is C20H21Cl2N3O4S. The number of hydrogen-bond acceptors (Lipinski definition) is 7. The first-order valence-corrected chi connectivity index (χ1v) is 10.0. The summed E-state index contributed by atoms with van der Waals surface area (Å²) in [5.74, 6) is 1.83. The van der Waals surface area contributed by atoms with Gasteiger partial charge in [0.25, 0.3) is 4.84 Å². The molecule has 0 fully saturated rings. The third-order valence-electron chi connectivity index (χ3n) is 4.35. The van der Waals surface area contributed by atoms with Gasteiger partial charge in [0.2, 0.25) is 11.6 Å². The summed E-state index contributed by atoms with van der Waals surface area (Å²) in [5.41, 5.74) is 1.60. The maximum atomic E-state index is 6.27. The Morgan fingerprint density at radius 2 is 1.73 bits per heavy atom. The number of halogens is 2. The minimum atomic E-state index is 0.243. The summed E-state index contributed by atoms with van der Waals surface area (Å²) in [6.07, 6.45) is 0. The number of methoxy groups -OCH3 is 3. The summed E-state index contributed by atoms with van der Waals surface area (Å²) in [4.78, 5) is 2.25. The van der Waals surface area contributed by atoms with Gasteiger partial charge in [-0.15, -0.1) is 5.10 Å². The van der Waals surface area contributed by atoms with E-state index in [2.05, 4.69) is 5.10 Å². The zero-order valence-corrected chi connectivity index (χ0v) is 19.3. The van der Waals surface area contributed by atoms with Gasteiger partial charge in [-0.3, -0.25) is 4.90 Å². The van der Waals surface area contributed by atoms with Crippen LogP contribution in [-0.4, -0.2) is 43.1 Å². The first-order valence-electron chi connectivity index (χ1n) is 8.87. The fourth-order valence-electron chi connectivity index (χ4n) is 2.94. The molecule has 0 amide bonds. The number of hydrogen-bond donors (Lipinski definition) is 0. The predicted octanol–water partition coefficient (Wildman–Crippen LogP) is 5.29. The lowest BCUT2D eigenvalue weighted by Gasteiger charge is -2.17. The molecule has 7 nitrogen and oxygen atoms in total. The average molecular weight is 470 g/mol. The topological polar surface area (TPSA) is 61.9 Å². The van der Waals surface area contributed by atoms with Crippen molar-refractivity contribution in [2.24, 2.45) is 0 Å². The van der Waals surface area contributed by atoms with Crippen LogP contribution in [0.3, 0.4) is 0 Å². The first-order chi connectivity index (χ1) is 14.4. The van der Waals surface area contributed by atoms with Crippen molar-refractivity contribution in [1.82, 2.24) is 14.7 Å². The van der Waals surface area contributed by atoms with Gasteiger partial charge in [-0.2, -0.15) is 0 Å². The molecule has 0 aliphatic rings. The van der Waals surface area contributed by atoms with Gasteiger partial charge in [0, 0.05) is 22.2 Å². The van der Waals surface area contributed by atoms with Gasteiger partial charge in [0.05, 0.1) is 28.0 Å². The van der Waals surface area contributed by atoms with Gasteiger partial charge in [0.15, 0.2) is 11.5 Å². The van der Waals surface area contributed by atoms with Crippen molar-refractivity contribution >= 4 is 35.4 Å². The summed E-state index contributed by atoms with van der Waals surface area (Å²) < 4.78 is 23.4. The van der Waals surface area contributed by atoms with E-state index in [1.807, 2.05) is 18.0 Å². The third-order valence-corrected chi connectivity index (χ3v) is 5.23. The van der Waals surface area contributed by atoms with Crippen molar-refractivity contribution in [2.45, 2.75) is 13.2 Å². The number of ether oxygens (including phenoxy) is 3. The van der Waals surface area contributed by atoms with E-state index in [1.165, 1.54) is 0 Å². The molecule has 0 aliphatic carbocycles. The zero-order valence-electron chi connectivity index (χ0n) is 16.9. The van der Waals surface area contributed by atoms with Crippen LogP contribution in [0.25, 0.3) is 11.5 Å². The minimum Gasteiger partial charge on any atom is -0.493 e. The van der Waals surface area contributed by atoms with Crippen molar-refractivity contribution in [3.05, 3.63) is 50.8 Å². The van der Waals surface area contributed by atoms with Crippen LogP contribution in [0.2, 0.25) is 10.0 Å². The van der Waals surface area contributed by atoms with Crippen molar-refractivity contribution in [1.29, 1.82) is 0 Å². The van der Waals surface area contributed by atoms with Crippen LogP contribution < -0.4 is 14.2 Å². The van der Waals surface area contributed by atoms with Gasteiger partial charge >= 0.3 is 0 Å². The minimum absolute atomic E-state index is 0.243. The molecule has 0 bridgehead atoms. The predicted molar refractivity (Wildman–Crippen MR) is 118 cm³/mol. The second-order valence-electron chi connectivity index (χ2n) is 6.48. The fraction of sp³-hybridized carbons (Fsp3) is 0.300. The average Bonchev–Trinajstić information content (AvgIpc) is 3.09. The molecule has 160 valence electrons. The van der Waals surface area contributed by atoms with Gasteiger partial charge in [-0.05, 0) is 49.1 Å². The first kappa shape index (κ1) is 22.4. The van der Waals surface area contributed by atoms with Crippen molar-refractivity contribution < 1.29 is 18.6 Å². The van der Waals surface area contributed by atoms with Crippen LogP contribution in [0.1, 0.15) is 5.56 Å². The summed E-state index contributed by atoms with van der Waals surface area (Å²) in [5, 5.41) is 5.71. The highest BCUT2D eigenvalue weighted by Crippen LogP contribution is 2.40. The molecule has 0 N–H and O–H groups in total. The van der Waals surface area contributed by atoms with Gasteiger partial charge in [0.1, 0.15) is 0 Å². The quantitative estimate of drug-likeness (QED) is 0.415. The smallest absolute Gasteiger partial charge is 0.288 e. The van der Waals surface area contributed by atoms with E-state index in [9.17, 15) is 0 Å². The maximum absolute atomic E-state index is 6.27. The van der Waals surface area contributed by atoms with E-state index in [-0.39, 0.29) is 4.84 Å². The van der Waals surface area contributed by atoms with Crippen molar-refractivity contribution in [3.63, 3.8) is 0 Å². The van der Waals surface area contributed by atoms with Gasteiger partial charge in [-0.25, -0.2) is 4.68 Å². The standard InChI is InChI=1S/C20H21Cl2N3O4S/c1-24(10-12-5-6-14(21)9-15(12)22)11-25-20(30)29-19(23-25)13-7-16(26-2)18(28-4)17(8-13)27-3/h5-9H,10-11H2,1-4H3. The van der Waals surface area contributed by atoms with Crippen LogP contribution in [0, 0.1) is 4.84 Å². The molecule has 0 saturated heterocycles. The van der Waals surface area contributed by atoms with Gasteiger partial charge in [-0.1, -0.05) is 29.3 Å². The highest BCUT2D eigenvalue weighted by molar-refractivity contribution is 7.71. The van der Waals surface area contributed by atoms with E-state index < -0.39 is 0 Å². The lowest BCUT2D eigenvalue weighted by molar-refractivity contribution is 0.241. The molecule has 10 heteroatoms. The number of benzene rings is 2. The molecule has 0 unspecified atom stereocenters. The highest BCUT2D eigenvalue weighted by atomic mass is 35.5. The SMILES string of the molecule is COc1cc(-c2nn(CN(C)Cc3ccc(Cl)cc3Cl)c(=S)o2)cc(OC)c1OC. The monoisotopic (exact) mass is 469 g/mol. The number of nitrogens with zero attached hydrogens (tertiary/aromatic N) is 3. The summed E-state index contributed by atoms with van der Waals surface area (Å²) in [7, 11) is 6.57. The maximum Gasteiger partial charge on any atom is 0.288 e. The van der Waals surface area contributed by atoms with Gasteiger partial charge < -0.3 is 18.6 Å². The highest BCUT2D eigenvalue weighted by Gasteiger charge is 2.18. The van der Waals surface area contributed by atoms with E-state index >= 15 is 0 Å². The van der Waals surface area contributed by atoms with E-state index in [4.69, 9.17) is 54.0 Å². The molecule has 0 saturated carbocycles. The molecule has 30 heavy (non-hydrogen) atoms. The molecule has 3 rings (SSSR count). The van der Waals surface area contributed by atoms with E-state index in [1.54, 1.807) is 50.3 Å². The second-order valence-corrected chi connectivity index (χ2v) is 7.67. The normalized spacial score (nSPS) is 11.0. The molecule has 0 aliphatic heterocycles. The molecular weight excluding hydrogens is 449 g/mol. The van der Waals surface area contributed by atoms with Crippen molar-refractivity contribution in [2.75, 3.05) is 28.4 Å². The lowest BCUT2D eigenvalue weighted by Crippen LogP contribution is -2.22. The Balaban J connectivity index is 1.84. The lowest BCUT2D eigenvalue weighted by atomic mass is 10.2. The molecule has 1 aromatic heterocycles. The second kappa shape index (κ2) is 9.70. The van der Waals surface area contributed by atoms with Crippen LogP contribution in [0.4, 0.5) is 0 Å². The summed E-state index contributed by atoms with van der Waals surface area (Å²) in [6.45, 7) is 0.996. The van der Waals surface area contributed by atoms with E-state index in [0.717, 1.165) is 5.56 Å². The molecule has 2 aromatic carbocycles. The molecule has 0 radical (unpaired) electrons. The Bertz CT molecular complexity index is 1070. The molecule has 0 atom stereocenters. The van der Waals surface area contributed by atoms with E-state index in [0.29, 0.717) is 52.0 Å². The Morgan fingerprint density at radius 1 is 1.07 bits per heavy atom. The largest absolute Gasteiger partial charge is 0.493 e. The third kappa shape index (κ3) is 4.89. The van der Waals surface area contributed by atoms with Crippen LogP contribution in [0.5, 0.6) is 17.2 Å². The Hall–Kier alpha value is -2.26. The number of rotatable bonds is 8. The summed E-state index contributed by atoms with van der Waals surface area (Å²) in [6, 6.07) is 8.93. The zero-order chi connectivity index (χ0) is 21.8. The van der Waals surface area contributed by atoms with Crippen LogP contribution in [0.15, 0.2) is 34.7 Å². The molecule has 1 heterocycles. The number of aromatic nitrogens is 2. The van der Waals surface area contributed by atoms with Crippen LogP contribution >= 0.6 is 35.4 Å². The van der Waals surface area contributed by atoms with Crippen LogP contribution in [-0.2, 0) is 13.2 Å². The Kier molecular flexibility index (Phi) is 7.25. The molecule has 3 aromatic rings. The Labute approximate surface area is 189 Å². The Morgan fingerprint density at radius 3 is 2.30 bits per heavy atom. The fourth-order valence-corrected chi connectivity index (χ4v) is 3.58. The summed E-state index contributed by atoms with van der Waals surface area (Å²) >= 11 is 17.6.